The molecule has 1 aliphatic rings. The first kappa shape index (κ1) is 26.2. The van der Waals surface area contributed by atoms with Gasteiger partial charge in [-0.05, 0) is 18.6 Å². The van der Waals surface area contributed by atoms with Crippen molar-refractivity contribution in [2.24, 2.45) is 5.73 Å². The zero-order chi connectivity index (χ0) is 24.4. The quantitative estimate of drug-likeness (QED) is 0.525. The number of aromatic nitrogens is 2. The van der Waals surface area contributed by atoms with Gasteiger partial charge in [-0.1, -0.05) is 30.3 Å². The zero-order valence-electron chi connectivity index (χ0n) is 19.9. The van der Waals surface area contributed by atoms with Crippen molar-refractivity contribution < 1.29 is 18.7 Å². The summed E-state index contributed by atoms with van der Waals surface area (Å²) < 4.78 is 25.5. The summed E-state index contributed by atoms with van der Waals surface area (Å²) in [6.07, 6.45) is 0.225. The number of carbonyl (C=O) groups excluding carboxylic acids is 1. The third-order valence-corrected chi connectivity index (χ3v) is 6.15. The Hall–Kier alpha value is -3.37. The Morgan fingerprint density at radius 2 is 1.91 bits per heavy atom. The van der Waals surface area contributed by atoms with E-state index in [-0.39, 0.29) is 59.7 Å². The molecule has 0 spiro atoms. The maximum Gasteiger partial charge on any atom is 0.228 e. The van der Waals surface area contributed by atoms with E-state index in [4.69, 9.17) is 20.9 Å². The number of carbonyl (C=O) groups is 1. The van der Waals surface area contributed by atoms with Crippen LogP contribution < -0.4 is 25.8 Å². The van der Waals surface area contributed by atoms with Gasteiger partial charge < -0.3 is 30.7 Å². The van der Waals surface area contributed by atoms with E-state index in [0.29, 0.717) is 31.0 Å². The Labute approximate surface area is 209 Å². The van der Waals surface area contributed by atoms with Crippen LogP contribution in [0.25, 0.3) is 10.9 Å². The topological polar surface area (TPSA) is 120 Å². The summed E-state index contributed by atoms with van der Waals surface area (Å²) in [6, 6.07) is 10.7. The highest BCUT2D eigenvalue weighted by Gasteiger charge is 2.30. The van der Waals surface area contributed by atoms with Crippen molar-refractivity contribution in [1.29, 1.82) is 0 Å². The molecular formula is C24H30ClFN6O3. The molecule has 11 heteroatoms. The SMILES string of the molecule is COc1cc2c(N)nc(N3CCN(C(=O)C[C@@H](N)c4ccccc4)C[C@@H]3C)nc2c(F)c1OC.Cl. The normalized spacial score (nSPS) is 16.5. The van der Waals surface area contributed by atoms with E-state index in [1.165, 1.54) is 14.2 Å². The molecule has 0 aliphatic carbocycles. The Balaban J connectivity index is 0.00000342. The summed E-state index contributed by atoms with van der Waals surface area (Å²) in [5.74, 6) is -0.0636. The van der Waals surface area contributed by atoms with Crippen LogP contribution in [0.1, 0.15) is 24.9 Å². The number of benzene rings is 2. The molecule has 4 N–H and O–H groups in total. The highest BCUT2D eigenvalue weighted by atomic mass is 35.5. The maximum absolute atomic E-state index is 15.1. The number of fused-ring (bicyclic) bond motifs is 1. The van der Waals surface area contributed by atoms with Crippen molar-refractivity contribution in [3.63, 3.8) is 0 Å². The van der Waals surface area contributed by atoms with Crippen molar-refractivity contribution in [2.75, 3.05) is 44.5 Å². The predicted molar refractivity (Wildman–Crippen MR) is 136 cm³/mol. The number of piperazine rings is 1. The van der Waals surface area contributed by atoms with Gasteiger partial charge in [-0.15, -0.1) is 12.4 Å². The Bertz CT molecular complexity index is 1200. The van der Waals surface area contributed by atoms with E-state index < -0.39 is 5.82 Å². The van der Waals surface area contributed by atoms with Gasteiger partial charge in [0.1, 0.15) is 11.3 Å². The Kier molecular flexibility index (Phi) is 8.18. The van der Waals surface area contributed by atoms with Gasteiger partial charge in [-0.2, -0.15) is 4.98 Å². The lowest BCUT2D eigenvalue weighted by atomic mass is 10.0. The molecule has 35 heavy (non-hydrogen) atoms. The first-order valence-corrected chi connectivity index (χ1v) is 11.1. The molecule has 1 aliphatic heterocycles. The summed E-state index contributed by atoms with van der Waals surface area (Å²) in [5.41, 5.74) is 13.4. The molecule has 188 valence electrons. The van der Waals surface area contributed by atoms with Gasteiger partial charge in [0, 0.05) is 43.5 Å². The molecule has 1 aromatic heterocycles. The van der Waals surface area contributed by atoms with Crippen LogP contribution in [0, 0.1) is 5.82 Å². The molecule has 9 nitrogen and oxygen atoms in total. The van der Waals surface area contributed by atoms with Crippen molar-refractivity contribution in [1.82, 2.24) is 14.9 Å². The van der Waals surface area contributed by atoms with Crippen LogP contribution in [-0.2, 0) is 4.79 Å². The number of amides is 1. The molecule has 2 aromatic carbocycles. The van der Waals surface area contributed by atoms with Gasteiger partial charge in [0.2, 0.25) is 11.9 Å². The molecular weight excluding hydrogens is 475 g/mol. The number of hydrogen-bond donors (Lipinski definition) is 2. The van der Waals surface area contributed by atoms with E-state index in [1.54, 1.807) is 11.0 Å². The summed E-state index contributed by atoms with van der Waals surface area (Å²) in [6.45, 7) is 3.38. The fraction of sp³-hybridized carbons (Fsp3) is 0.375. The molecule has 0 radical (unpaired) electrons. The number of halogens is 2. The van der Waals surface area contributed by atoms with Crippen molar-refractivity contribution in [3.05, 3.63) is 47.8 Å². The lowest BCUT2D eigenvalue weighted by Crippen LogP contribution is -2.54. The fourth-order valence-electron chi connectivity index (χ4n) is 4.28. The summed E-state index contributed by atoms with van der Waals surface area (Å²) in [5, 5.41) is 0.343. The van der Waals surface area contributed by atoms with E-state index in [1.807, 2.05) is 42.2 Å². The van der Waals surface area contributed by atoms with Gasteiger partial charge in [0.05, 0.1) is 14.2 Å². The monoisotopic (exact) mass is 504 g/mol. The minimum absolute atomic E-state index is 0. The van der Waals surface area contributed by atoms with Crippen molar-refractivity contribution in [2.45, 2.75) is 25.4 Å². The number of hydrogen-bond acceptors (Lipinski definition) is 8. The average Bonchev–Trinajstić information content (AvgIpc) is 2.84. The van der Waals surface area contributed by atoms with Gasteiger partial charge >= 0.3 is 0 Å². The number of nitrogens with zero attached hydrogens (tertiary/aromatic N) is 4. The van der Waals surface area contributed by atoms with E-state index >= 15 is 4.39 Å². The predicted octanol–water partition coefficient (Wildman–Crippen LogP) is 2.92. The van der Waals surface area contributed by atoms with Gasteiger partial charge in [0.25, 0.3) is 0 Å². The van der Waals surface area contributed by atoms with Crippen LogP contribution in [0.2, 0.25) is 0 Å². The molecule has 1 saturated heterocycles. The first-order chi connectivity index (χ1) is 16.3. The number of rotatable bonds is 6. The highest BCUT2D eigenvalue weighted by molar-refractivity contribution is 5.92. The molecule has 2 atom stereocenters. The Morgan fingerprint density at radius 1 is 1.20 bits per heavy atom. The smallest absolute Gasteiger partial charge is 0.228 e. The van der Waals surface area contributed by atoms with E-state index in [2.05, 4.69) is 9.97 Å². The molecule has 1 amide bonds. The van der Waals surface area contributed by atoms with Crippen LogP contribution in [0.5, 0.6) is 11.5 Å². The van der Waals surface area contributed by atoms with Gasteiger partial charge in [-0.25, -0.2) is 9.37 Å². The summed E-state index contributed by atoms with van der Waals surface area (Å²) in [7, 11) is 2.78. The maximum atomic E-state index is 15.1. The summed E-state index contributed by atoms with van der Waals surface area (Å²) >= 11 is 0. The van der Waals surface area contributed by atoms with Crippen LogP contribution in [0.15, 0.2) is 36.4 Å². The third-order valence-electron chi connectivity index (χ3n) is 6.15. The number of methoxy groups -OCH3 is 2. The van der Waals surface area contributed by atoms with Crippen molar-refractivity contribution >= 4 is 41.0 Å². The minimum atomic E-state index is -0.663. The molecule has 3 aromatic rings. The van der Waals surface area contributed by atoms with Gasteiger partial charge in [0.15, 0.2) is 17.3 Å². The zero-order valence-corrected chi connectivity index (χ0v) is 20.7. The molecule has 2 heterocycles. The second kappa shape index (κ2) is 10.9. The fourth-order valence-corrected chi connectivity index (χ4v) is 4.28. The average molecular weight is 505 g/mol. The number of nitrogens with two attached hydrogens (primary N) is 2. The standard InChI is InChI=1S/C24H29FN6O3.ClH/c1-14-13-30(19(32)12-17(26)15-7-5-4-6-8-15)9-10-31(14)24-28-21-16(23(27)29-24)11-18(33-2)22(34-3)20(21)25;/h4-8,11,14,17H,9-10,12-13,26H2,1-3H3,(H2,27,28,29);1H/t14-,17+;/m0./s1. The second-order valence-electron chi connectivity index (χ2n) is 8.33. The summed E-state index contributed by atoms with van der Waals surface area (Å²) in [4.78, 5) is 25.5. The van der Waals surface area contributed by atoms with Crippen LogP contribution in [0.4, 0.5) is 16.2 Å². The minimum Gasteiger partial charge on any atom is -0.493 e. The molecule has 4 rings (SSSR count). The van der Waals surface area contributed by atoms with Crippen LogP contribution in [0.3, 0.4) is 0 Å². The number of ether oxygens (including phenoxy) is 2. The molecule has 0 unspecified atom stereocenters. The van der Waals surface area contributed by atoms with E-state index in [9.17, 15) is 4.79 Å². The molecule has 1 fully saturated rings. The van der Waals surface area contributed by atoms with Crippen LogP contribution in [-0.4, -0.2) is 60.7 Å². The lowest BCUT2D eigenvalue weighted by molar-refractivity contribution is -0.132. The highest BCUT2D eigenvalue weighted by Crippen LogP contribution is 2.37. The Morgan fingerprint density at radius 3 is 2.54 bits per heavy atom. The first-order valence-electron chi connectivity index (χ1n) is 11.1. The van der Waals surface area contributed by atoms with Gasteiger partial charge in [-0.3, -0.25) is 4.79 Å². The number of nitrogen functional groups attached to an aromatic ring is 1. The second-order valence-corrected chi connectivity index (χ2v) is 8.33. The number of anilines is 2. The van der Waals surface area contributed by atoms with E-state index in [0.717, 1.165) is 5.56 Å². The third kappa shape index (κ3) is 5.18. The largest absolute Gasteiger partial charge is 0.493 e. The van der Waals surface area contributed by atoms with Crippen LogP contribution >= 0.6 is 12.4 Å². The molecule has 0 bridgehead atoms. The lowest BCUT2D eigenvalue weighted by Gasteiger charge is -2.40. The van der Waals surface area contributed by atoms with Crippen molar-refractivity contribution in [3.8, 4) is 11.5 Å². The molecule has 0 saturated carbocycles.